The number of imide groups is 1. The molecule has 2 saturated heterocycles. The smallest absolute Gasteiger partial charge is 0.299 e. The van der Waals surface area contributed by atoms with Gasteiger partial charge in [-0.05, 0) is 55.6 Å². The van der Waals surface area contributed by atoms with Crippen LogP contribution in [0.2, 0.25) is 0 Å². The summed E-state index contributed by atoms with van der Waals surface area (Å²) < 4.78 is 0. The normalized spacial score (nSPS) is 18.3. The molecule has 0 atom stereocenters. The monoisotopic (exact) mass is 566 g/mol. The van der Waals surface area contributed by atoms with Crippen LogP contribution >= 0.6 is 11.3 Å². The van der Waals surface area contributed by atoms with Gasteiger partial charge < -0.3 is 0 Å². The van der Waals surface area contributed by atoms with E-state index in [-0.39, 0.29) is 24.8 Å². The number of nitrogens with one attached hydrogen (secondary N) is 1. The van der Waals surface area contributed by atoms with Crippen LogP contribution in [0.5, 0.6) is 0 Å². The number of urea groups is 1. The van der Waals surface area contributed by atoms with E-state index in [1.165, 1.54) is 32.2 Å². The number of carbonyl (C=O) groups excluding carboxylic acids is 3. The second-order valence-corrected chi connectivity index (χ2v) is 11.8. The van der Waals surface area contributed by atoms with Crippen molar-refractivity contribution in [1.29, 1.82) is 0 Å². The first-order chi connectivity index (χ1) is 19.9. The van der Waals surface area contributed by atoms with Crippen molar-refractivity contribution in [3.63, 3.8) is 0 Å². The average molecular weight is 567 g/mol. The van der Waals surface area contributed by atoms with Gasteiger partial charge in [-0.15, -0.1) is 11.3 Å². The van der Waals surface area contributed by atoms with Crippen LogP contribution in [-0.4, -0.2) is 62.4 Å². The molecule has 0 aliphatic carbocycles. The Balaban J connectivity index is 1.05. The van der Waals surface area contributed by atoms with Gasteiger partial charge in [0.15, 0.2) is 0 Å². The van der Waals surface area contributed by atoms with Crippen molar-refractivity contribution in [3.8, 4) is 11.1 Å². The Kier molecular flexibility index (Phi) is 6.51. The van der Waals surface area contributed by atoms with E-state index in [1.807, 2.05) is 25.1 Å². The van der Waals surface area contributed by atoms with E-state index in [0.717, 1.165) is 54.3 Å². The molecule has 0 saturated carbocycles. The van der Waals surface area contributed by atoms with Crippen LogP contribution in [0.4, 0.5) is 4.79 Å². The second kappa shape index (κ2) is 10.4. The minimum atomic E-state index is -0.542. The predicted molar refractivity (Wildman–Crippen MR) is 156 cm³/mol. The van der Waals surface area contributed by atoms with Gasteiger partial charge in [0.05, 0.1) is 18.8 Å². The average Bonchev–Trinajstić information content (AvgIpc) is 3.54. The highest BCUT2D eigenvalue weighted by molar-refractivity contribution is 7.17. The number of aromatic nitrogens is 2. The van der Waals surface area contributed by atoms with E-state index in [4.69, 9.17) is 9.97 Å². The minimum Gasteiger partial charge on any atom is -0.299 e. The standard InChI is InChI=1S/C31H30N6O3S/c1-19-32-28(27-25(18-41-29(27)33-19)21-5-3-2-4-6-21)22-9-12-35(13-10-22)16-20-7-8-24-23(15-20)17-37(30(24)39)36-14-11-26(38)34-31(36)40/h2-8,15,18,22H,9-14,16-17H2,1H3,(H,34,38,40). The van der Waals surface area contributed by atoms with Crippen LogP contribution in [0.3, 0.4) is 0 Å². The molecule has 3 aliphatic rings. The first-order valence-electron chi connectivity index (χ1n) is 14.0. The number of fused-ring (bicyclic) bond motifs is 2. The van der Waals surface area contributed by atoms with Crippen molar-refractivity contribution in [2.24, 2.45) is 0 Å². The third-order valence-electron chi connectivity index (χ3n) is 8.32. The largest absolute Gasteiger partial charge is 0.342 e. The Morgan fingerprint density at radius 3 is 2.54 bits per heavy atom. The number of aryl methyl sites for hydroxylation is 1. The second-order valence-electron chi connectivity index (χ2n) is 11.0. The zero-order valence-corrected chi connectivity index (χ0v) is 23.6. The molecule has 7 rings (SSSR count). The van der Waals surface area contributed by atoms with Gasteiger partial charge in [-0.1, -0.05) is 42.5 Å². The van der Waals surface area contributed by atoms with Crippen molar-refractivity contribution in [2.45, 2.75) is 45.2 Å². The van der Waals surface area contributed by atoms with Crippen LogP contribution in [-0.2, 0) is 17.9 Å². The van der Waals surface area contributed by atoms with Gasteiger partial charge in [0.1, 0.15) is 10.7 Å². The highest BCUT2D eigenvalue weighted by Gasteiger charge is 2.37. The van der Waals surface area contributed by atoms with E-state index in [2.05, 4.69) is 45.9 Å². The van der Waals surface area contributed by atoms with Crippen molar-refractivity contribution >= 4 is 39.4 Å². The lowest BCUT2D eigenvalue weighted by atomic mass is 9.89. The number of rotatable bonds is 5. The molecule has 0 radical (unpaired) electrons. The first-order valence-corrected chi connectivity index (χ1v) is 14.9. The molecule has 0 spiro atoms. The number of piperidine rings is 1. The lowest BCUT2D eigenvalue weighted by Gasteiger charge is -2.33. The fourth-order valence-electron chi connectivity index (χ4n) is 6.27. The zero-order valence-electron chi connectivity index (χ0n) is 22.8. The maximum atomic E-state index is 13.0. The molecule has 3 aliphatic heterocycles. The summed E-state index contributed by atoms with van der Waals surface area (Å²) in [6.07, 6.45) is 2.23. The Bertz CT molecular complexity index is 1680. The Hall–Kier alpha value is -4.15. The van der Waals surface area contributed by atoms with Gasteiger partial charge in [0, 0.05) is 40.8 Å². The summed E-state index contributed by atoms with van der Waals surface area (Å²) in [5.74, 6) is 0.687. The summed E-state index contributed by atoms with van der Waals surface area (Å²) in [7, 11) is 0. The number of carbonyl (C=O) groups is 3. The van der Waals surface area contributed by atoms with Crippen molar-refractivity contribution < 1.29 is 14.4 Å². The highest BCUT2D eigenvalue weighted by atomic mass is 32.1. The number of likely N-dealkylation sites (tertiary alicyclic amines) is 1. The molecule has 41 heavy (non-hydrogen) atoms. The molecule has 4 aromatic rings. The molecule has 1 N–H and O–H groups in total. The number of hydrogen-bond acceptors (Lipinski definition) is 7. The summed E-state index contributed by atoms with van der Waals surface area (Å²) >= 11 is 1.69. The number of amides is 4. The molecule has 9 nitrogen and oxygen atoms in total. The van der Waals surface area contributed by atoms with E-state index in [0.29, 0.717) is 18.0 Å². The van der Waals surface area contributed by atoms with Crippen LogP contribution in [0.25, 0.3) is 21.3 Å². The molecule has 2 aromatic heterocycles. The maximum absolute atomic E-state index is 13.0. The fraction of sp³-hybridized carbons (Fsp3) is 0.323. The minimum absolute atomic E-state index is 0.188. The summed E-state index contributed by atoms with van der Waals surface area (Å²) in [6.45, 7) is 5.26. The van der Waals surface area contributed by atoms with Crippen LogP contribution in [0.1, 0.15) is 58.2 Å². The zero-order chi connectivity index (χ0) is 28.1. The number of nitrogens with zero attached hydrogens (tertiary/aromatic N) is 5. The van der Waals surface area contributed by atoms with Gasteiger partial charge in [-0.2, -0.15) is 0 Å². The van der Waals surface area contributed by atoms with Gasteiger partial charge in [-0.25, -0.2) is 24.8 Å². The molecule has 0 bridgehead atoms. The lowest BCUT2D eigenvalue weighted by Crippen LogP contribution is -2.56. The molecule has 2 fully saturated rings. The van der Waals surface area contributed by atoms with Gasteiger partial charge in [-0.3, -0.25) is 19.8 Å². The van der Waals surface area contributed by atoms with E-state index in [1.54, 1.807) is 11.3 Å². The number of thiophene rings is 1. The fourth-order valence-corrected chi connectivity index (χ4v) is 7.27. The quantitative estimate of drug-likeness (QED) is 0.371. The Morgan fingerprint density at radius 1 is 0.951 bits per heavy atom. The molecule has 5 heterocycles. The van der Waals surface area contributed by atoms with Gasteiger partial charge in [0.2, 0.25) is 5.91 Å². The molecule has 0 unspecified atom stereocenters. The SMILES string of the molecule is Cc1nc(C2CCN(Cc3ccc4c(c3)CN(N3CCC(=O)NC3=O)C4=O)CC2)c2c(-c3ccccc3)csc2n1. The van der Waals surface area contributed by atoms with Crippen molar-refractivity contribution in [2.75, 3.05) is 19.6 Å². The lowest BCUT2D eigenvalue weighted by molar-refractivity contribution is -0.123. The van der Waals surface area contributed by atoms with Crippen LogP contribution < -0.4 is 5.32 Å². The van der Waals surface area contributed by atoms with Crippen LogP contribution in [0, 0.1) is 6.92 Å². The van der Waals surface area contributed by atoms with E-state index < -0.39 is 6.03 Å². The summed E-state index contributed by atoms with van der Waals surface area (Å²) in [4.78, 5) is 50.1. The Morgan fingerprint density at radius 2 is 1.76 bits per heavy atom. The summed E-state index contributed by atoms with van der Waals surface area (Å²) in [5, 5.41) is 8.50. The topological polar surface area (TPSA) is 98.7 Å². The first kappa shape index (κ1) is 25.8. The molecular formula is C31H30N6O3S. The number of benzene rings is 2. The molecule has 4 amide bonds. The molecule has 2 aromatic carbocycles. The predicted octanol–water partition coefficient (Wildman–Crippen LogP) is 4.86. The van der Waals surface area contributed by atoms with Gasteiger partial charge in [0.25, 0.3) is 5.91 Å². The number of hydrogen-bond donors (Lipinski definition) is 1. The third kappa shape index (κ3) is 4.76. The van der Waals surface area contributed by atoms with Gasteiger partial charge >= 0.3 is 6.03 Å². The third-order valence-corrected chi connectivity index (χ3v) is 9.19. The van der Waals surface area contributed by atoms with Crippen LogP contribution in [0.15, 0.2) is 53.9 Å². The maximum Gasteiger partial charge on any atom is 0.342 e. The van der Waals surface area contributed by atoms with Crippen molar-refractivity contribution in [1.82, 2.24) is 30.2 Å². The molecule has 10 heteroatoms. The van der Waals surface area contributed by atoms with Crippen molar-refractivity contribution in [3.05, 3.63) is 82.1 Å². The highest BCUT2D eigenvalue weighted by Crippen LogP contribution is 2.40. The Labute approximate surface area is 241 Å². The summed E-state index contributed by atoms with van der Waals surface area (Å²) in [6, 6.07) is 15.9. The van der Waals surface area contributed by atoms with E-state index in [9.17, 15) is 14.4 Å². The molecular weight excluding hydrogens is 536 g/mol. The van der Waals surface area contributed by atoms with E-state index >= 15 is 0 Å². The summed E-state index contributed by atoms with van der Waals surface area (Å²) in [5.41, 5.74) is 6.28. The molecule has 208 valence electrons. The number of hydrazine groups is 1.